The molecule has 0 bridgehead atoms. The first-order valence-corrected chi connectivity index (χ1v) is 8.24. The van der Waals surface area contributed by atoms with E-state index in [9.17, 15) is 14.9 Å². The quantitative estimate of drug-likeness (QED) is 0.456. The van der Waals surface area contributed by atoms with Gasteiger partial charge >= 0.3 is 5.97 Å². The van der Waals surface area contributed by atoms with Crippen LogP contribution in [0.3, 0.4) is 0 Å². The molecule has 0 fully saturated rings. The molecule has 8 nitrogen and oxygen atoms in total. The summed E-state index contributed by atoms with van der Waals surface area (Å²) in [6.07, 6.45) is 4.76. The number of hydrogen-bond donors (Lipinski definition) is 0. The molecule has 3 rings (SSSR count). The van der Waals surface area contributed by atoms with Crippen LogP contribution in [0.2, 0.25) is 0 Å². The van der Waals surface area contributed by atoms with Gasteiger partial charge in [0.05, 0.1) is 30.9 Å². The molecule has 0 amide bonds. The Bertz CT molecular complexity index is 798. The lowest BCUT2D eigenvalue weighted by molar-refractivity contribution is -0.420. The largest absolute Gasteiger partial charge is 0.497 e. The van der Waals surface area contributed by atoms with Crippen molar-refractivity contribution >= 4 is 11.8 Å². The van der Waals surface area contributed by atoms with Crippen LogP contribution < -0.4 is 4.74 Å². The van der Waals surface area contributed by atoms with Crippen molar-refractivity contribution in [3.63, 3.8) is 0 Å². The number of esters is 1. The molecule has 8 heteroatoms. The Morgan fingerprint density at radius 1 is 1.35 bits per heavy atom. The summed E-state index contributed by atoms with van der Waals surface area (Å²) in [6, 6.07) is 6.47. The molecule has 0 N–H and O–H groups in total. The summed E-state index contributed by atoms with van der Waals surface area (Å²) in [5.41, 5.74) is 0.874. The standard InChI is InChI=1S/C18H19N3O5/c1-3-26-18(22)15-10-16(12-4-7-14(25-2)8-5-12)20-11-13(21(23)24)6-9-17(20)19-15/h4-9,11,15-16H,3,10H2,1-2H3. The van der Waals surface area contributed by atoms with E-state index in [-0.39, 0.29) is 18.3 Å². The number of hydrogen-bond acceptors (Lipinski definition) is 7. The van der Waals surface area contributed by atoms with E-state index >= 15 is 0 Å². The lowest BCUT2D eigenvalue weighted by atomic mass is 9.95. The van der Waals surface area contributed by atoms with Gasteiger partial charge in [-0.05, 0) is 30.7 Å². The van der Waals surface area contributed by atoms with Crippen LogP contribution in [-0.4, -0.2) is 41.4 Å². The second kappa shape index (κ2) is 7.38. The van der Waals surface area contributed by atoms with Crippen LogP contribution in [0.1, 0.15) is 24.9 Å². The fraction of sp³-hybridized carbons (Fsp3) is 0.333. The van der Waals surface area contributed by atoms with Gasteiger partial charge in [-0.15, -0.1) is 0 Å². The van der Waals surface area contributed by atoms with Crippen LogP contribution in [0.5, 0.6) is 5.75 Å². The molecule has 0 saturated carbocycles. The fourth-order valence-electron chi connectivity index (χ4n) is 3.01. The minimum atomic E-state index is -0.650. The van der Waals surface area contributed by atoms with E-state index in [0.29, 0.717) is 18.0 Å². The monoisotopic (exact) mass is 357 g/mol. The second-order valence-corrected chi connectivity index (χ2v) is 5.83. The molecule has 0 spiro atoms. The summed E-state index contributed by atoms with van der Waals surface area (Å²) in [7, 11) is 1.58. The van der Waals surface area contributed by atoms with Crippen LogP contribution in [0.4, 0.5) is 0 Å². The first-order chi connectivity index (χ1) is 12.5. The minimum Gasteiger partial charge on any atom is -0.497 e. The highest BCUT2D eigenvalue weighted by molar-refractivity contribution is 5.98. The predicted octanol–water partition coefficient (Wildman–Crippen LogP) is 2.46. The molecule has 0 saturated heterocycles. The molecule has 1 aromatic carbocycles. The Morgan fingerprint density at radius 2 is 2.08 bits per heavy atom. The van der Waals surface area contributed by atoms with Crippen molar-refractivity contribution in [3.05, 3.63) is 64.0 Å². The number of amidine groups is 1. The average molecular weight is 357 g/mol. The molecule has 0 aliphatic carbocycles. The molecule has 2 unspecified atom stereocenters. The number of nitrogens with zero attached hydrogens (tertiary/aromatic N) is 3. The molecule has 136 valence electrons. The summed E-state index contributed by atoms with van der Waals surface area (Å²) in [4.78, 5) is 29.0. The van der Waals surface area contributed by atoms with Crippen molar-refractivity contribution < 1.29 is 19.2 Å². The Labute approximate surface area is 150 Å². The normalized spacial score (nSPS) is 21.4. The number of nitro groups is 1. The maximum absolute atomic E-state index is 12.2. The van der Waals surface area contributed by atoms with Crippen LogP contribution in [0.15, 0.2) is 53.3 Å². The molecular formula is C18H19N3O5. The van der Waals surface area contributed by atoms with Crippen molar-refractivity contribution in [2.24, 2.45) is 4.99 Å². The number of allylic oxidation sites excluding steroid dienone is 1. The molecule has 2 aliphatic rings. The Kier molecular flexibility index (Phi) is 5.01. The number of carbonyl (C=O) groups excluding carboxylic acids is 1. The second-order valence-electron chi connectivity index (χ2n) is 5.83. The van der Waals surface area contributed by atoms with Crippen molar-refractivity contribution in [3.8, 4) is 5.75 Å². The van der Waals surface area contributed by atoms with E-state index in [1.165, 1.54) is 12.3 Å². The number of ether oxygens (including phenoxy) is 2. The summed E-state index contributed by atoms with van der Waals surface area (Å²) in [5.74, 6) is 0.816. The zero-order valence-corrected chi connectivity index (χ0v) is 14.5. The number of carbonyl (C=O) groups is 1. The number of methoxy groups -OCH3 is 1. The van der Waals surface area contributed by atoms with Gasteiger partial charge < -0.3 is 14.4 Å². The van der Waals surface area contributed by atoms with Gasteiger partial charge in [0.15, 0.2) is 6.04 Å². The van der Waals surface area contributed by atoms with Crippen molar-refractivity contribution in [1.29, 1.82) is 0 Å². The summed E-state index contributed by atoms with van der Waals surface area (Å²) < 4.78 is 10.3. The highest BCUT2D eigenvalue weighted by Gasteiger charge is 2.36. The smallest absolute Gasteiger partial charge is 0.331 e. The molecule has 2 atom stereocenters. The maximum atomic E-state index is 12.2. The zero-order valence-electron chi connectivity index (χ0n) is 14.5. The summed E-state index contributed by atoms with van der Waals surface area (Å²) >= 11 is 0. The molecule has 1 aromatic rings. The molecule has 0 radical (unpaired) electrons. The highest BCUT2D eigenvalue weighted by Crippen LogP contribution is 2.35. The van der Waals surface area contributed by atoms with Gasteiger partial charge in [0.2, 0.25) is 0 Å². The van der Waals surface area contributed by atoms with Gasteiger partial charge in [0.1, 0.15) is 11.6 Å². The molecular weight excluding hydrogens is 338 g/mol. The molecule has 0 aromatic heterocycles. The highest BCUT2D eigenvalue weighted by atomic mass is 16.6. The Morgan fingerprint density at radius 3 is 2.69 bits per heavy atom. The SMILES string of the molecule is CCOC(=O)C1CC(c2ccc(OC)cc2)N2C=C([N+](=O)[O-])C=CC2=N1. The van der Waals surface area contributed by atoms with E-state index in [1.807, 2.05) is 24.3 Å². The van der Waals surface area contributed by atoms with Crippen LogP contribution in [0.25, 0.3) is 0 Å². The van der Waals surface area contributed by atoms with Crippen LogP contribution in [-0.2, 0) is 9.53 Å². The van der Waals surface area contributed by atoms with Gasteiger partial charge in [-0.25, -0.2) is 4.79 Å². The van der Waals surface area contributed by atoms with Gasteiger partial charge in [-0.3, -0.25) is 15.1 Å². The lowest BCUT2D eigenvalue weighted by Crippen LogP contribution is -2.41. The molecule has 2 aliphatic heterocycles. The number of rotatable bonds is 5. The third-order valence-corrected chi connectivity index (χ3v) is 4.28. The average Bonchev–Trinajstić information content (AvgIpc) is 2.67. The van der Waals surface area contributed by atoms with Gasteiger partial charge in [0, 0.05) is 12.5 Å². The van der Waals surface area contributed by atoms with E-state index in [1.54, 1.807) is 25.0 Å². The number of benzene rings is 1. The number of fused-ring (bicyclic) bond motifs is 1. The molecule has 26 heavy (non-hydrogen) atoms. The van der Waals surface area contributed by atoms with Crippen molar-refractivity contribution in [2.45, 2.75) is 25.4 Å². The van der Waals surface area contributed by atoms with E-state index in [4.69, 9.17) is 9.47 Å². The van der Waals surface area contributed by atoms with Gasteiger partial charge in [0.25, 0.3) is 5.70 Å². The van der Waals surface area contributed by atoms with Crippen molar-refractivity contribution in [2.75, 3.05) is 13.7 Å². The van der Waals surface area contributed by atoms with Crippen molar-refractivity contribution in [1.82, 2.24) is 4.90 Å². The summed E-state index contributed by atoms with van der Waals surface area (Å²) in [6.45, 7) is 2.02. The lowest BCUT2D eigenvalue weighted by Gasteiger charge is -2.37. The van der Waals surface area contributed by atoms with E-state index in [2.05, 4.69) is 4.99 Å². The third kappa shape index (κ3) is 3.44. The van der Waals surface area contributed by atoms with Gasteiger partial charge in [-0.2, -0.15) is 0 Å². The predicted molar refractivity (Wildman–Crippen MR) is 94.3 cm³/mol. The van der Waals surface area contributed by atoms with Crippen LogP contribution in [0, 0.1) is 10.1 Å². The first-order valence-electron chi connectivity index (χ1n) is 8.24. The Hall–Kier alpha value is -3.16. The zero-order chi connectivity index (χ0) is 18.7. The maximum Gasteiger partial charge on any atom is 0.331 e. The Balaban J connectivity index is 1.99. The fourth-order valence-corrected chi connectivity index (χ4v) is 3.01. The van der Waals surface area contributed by atoms with Crippen LogP contribution >= 0.6 is 0 Å². The first kappa shape index (κ1) is 17.7. The summed E-state index contributed by atoms with van der Waals surface area (Å²) in [5, 5.41) is 11.1. The van der Waals surface area contributed by atoms with Gasteiger partial charge in [-0.1, -0.05) is 12.1 Å². The topological polar surface area (TPSA) is 94.3 Å². The third-order valence-electron chi connectivity index (χ3n) is 4.28. The van der Waals surface area contributed by atoms with E-state index < -0.39 is 16.9 Å². The number of aliphatic imine (C=N–C) groups is 1. The molecule has 2 heterocycles. The minimum absolute atomic E-state index is 0.0305. The van der Waals surface area contributed by atoms with E-state index in [0.717, 1.165) is 5.56 Å².